The lowest BCUT2D eigenvalue weighted by Gasteiger charge is -2.43. The van der Waals surface area contributed by atoms with E-state index in [9.17, 15) is 0 Å². The molecule has 3 nitrogen and oxygen atoms in total. The highest BCUT2D eigenvalue weighted by molar-refractivity contribution is 4.86. The van der Waals surface area contributed by atoms with Crippen molar-refractivity contribution in [3.05, 3.63) is 0 Å². The van der Waals surface area contributed by atoms with Crippen molar-refractivity contribution in [2.75, 3.05) is 13.2 Å². The molecule has 3 atom stereocenters. The van der Waals surface area contributed by atoms with Gasteiger partial charge in [-0.2, -0.15) is 0 Å². The van der Waals surface area contributed by atoms with Crippen molar-refractivity contribution in [2.45, 2.75) is 51.2 Å². The van der Waals surface area contributed by atoms with E-state index >= 15 is 0 Å². The lowest BCUT2D eigenvalue weighted by molar-refractivity contribution is 0.0303. The molecule has 0 radical (unpaired) electrons. The third-order valence-corrected chi connectivity index (χ3v) is 3.14. The molecule has 0 aromatic carbocycles. The number of rotatable bonds is 3. The highest BCUT2D eigenvalue weighted by Crippen LogP contribution is 2.24. The van der Waals surface area contributed by atoms with Crippen LogP contribution in [0.15, 0.2) is 0 Å². The average Bonchev–Trinajstić information content (AvgIpc) is 2.16. The van der Waals surface area contributed by atoms with Gasteiger partial charge in [-0.1, -0.05) is 6.42 Å². The van der Waals surface area contributed by atoms with Crippen LogP contribution < -0.4 is 5.73 Å². The van der Waals surface area contributed by atoms with E-state index < -0.39 is 0 Å². The van der Waals surface area contributed by atoms with Crippen LogP contribution in [0.25, 0.3) is 0 Å². The monoisotopic (exact) mass is 186 g/mol. The largest absolute Gasteiger partial charge is 0.395 e. The van der Waals surface area contributed by atoms with Crippen molar-refractivity contribution in [3.63, 3.8) is 0 Å². The number of hydrogen-bond donors (Lipinski definition) is 2. The summed E-state index contributed by atoms with van der Waals surface area (Å²) in [6, 6.07) is 1.30. The molecule has 0 saturated carbocycles. The van der Waals surface area contributed by atoms with Crippen LogP contribution in [0.1, 0.15) is 33.1 Å². The van der Waals surface area contributed by atoms with E-state index in [2.05, 4.69) is 18.7 Å². The zero-order valence-electron chi connectivity index (χ0n) is 8.74. The summed E-state index contributed by atoms with van der Waals surface area (Å²) in [4.78, 5) is 2.38. The van der Waals surface area contributed by atoms with E-state index in [0.29, 0.717) is 18.6 Å². The summed E-state index contributed by atoms with van der Waals surface area (Å²) in [7, 11) is 0. The first-order valence-corrected chi connectivity index (χ1v) is 5.29. The number of aliphatic hydroxyl groups excluding tert-OH is 1. The van der Waals surface area contributed by atoms with Crippen LogP contribution in [-0.4, -0.2) is 41.3 Å². The lowest BCUT2D eigenvalue weighted by atomic mass is 9.94. The molecule has 0 amide bonds. The molecule has 13 heavy (non-hydrogen) atoms. The first kappa shape index (κ1) is 11.0. The predicted molar refractivity (Wildman–Crippen MR) is 54.5 cm³/mol. The van der Waals surface area contributed by atoms with E-state index in [4.69, 9.17) is 10.8 Å². The minimum Gasteiger partial charge on any atom is -0.395 e. The van der Waals surface area contributed by atoms with Gasteiger partial charge in [0.25, 0.3) is 0 Å². The van der Waals surface area contributed by atoms with Gasteiger partial charge in [0.1, 0.15) is 0 Å². The summed E-state index contributed by atoms with van der Waals surface area (Å²) in [5.41, 5.74) is 5.73. The summed E-state index contributed by atoms with van der Waals surface area (Å²) >= 11 is 0. The summed E-state index contributed by atoms with van der Waals surface area (Å²) in [5, 5.41) is 9.14. The third-order valence-electron chi connectivity index (χ3n) is 3.14. The van der Waals surface area contributed by atoms with Crippen LogP contribution in [0.2, 0.25) is 0 Å². The highest BCUT2D eigenvalue weighted by atomic mass is 16.3. The molecule has 0 spiro atoms. The fourth-order valence-corrected chi connectivity index (χ4v) is 2.44. The summed E-state index contributed by atoms with van der Waals surface area (Å²) in [6.07, 6.45) is 3.70. The molecule has 1 fully saturated rings. The number of nitrogens with zero attached hydrogens (tertiary/aromatic N) is 1. The average molecular weight is 186 g/mol. The molecular formula is C10H22N2O. The molecule has 3 N–H and O–H groups in total. The second-order valence-corrected chi connectivity index (χ2v) is 4.15. The summed E-state index contributed by atoms with van der Waals surface area (Å²) in [5.74, 6) is 0. The maximum absolute atomic E-state index is 9.14. The van der Waals surface area contributed by atoms with E-state index in [1.54, 1.807) is 0 Å². The van der Waals surface area contributed by atoms with Gasteiger partial charge < -0.3 is 10.8 Å². The van der Waals surface area contributed by atoms with Gasteiger partial charge in [-0.05, 0) is 26.7 Å². The topological polar surface area (TPSA) is 49.5 Å². The molecule has 1 heterocycles. The maximum atomic E-state index is 9.14. The molecule has 1 aliphatic rings. The number of likely N-dealkylation sites (tertiary alicyclic amines) is 1. The van der Waals surface area contributed by atoms with Gasteiger partial charge >= 0.3 is 0 Å². The fourth-order valence-electron chi connectivity index (χ4n) is 2.44. The molecule has 0 aliphatic carbocycles. The maximum Gasteiger partial charge on any atom is 0.0584 e. The standard InChI is InChI=1S/C10H22N2O/c1-8-4-3-5-10(6-11)12(8)9(2)7-13/h8-10,13H,3-7,11H2,1-2H3. The molecule has 3 heteroatoms. The van der Waals surface area contributed by atoms with E-state index in [-0.39, 0.29) is 12.6 Å². The van der Waals surface area contributed by atoms with Crippen molar-refractivity contribution < 1.29 is 5.11 Å². The normalized spacial score (nSPS) is 33.2. The Morgan fingerprint density at radius 2 is 2.23 bits per heavy atom. The van der Waals surface area contributed by atoms with Crippen LogP contribution in [0.5, 0.6) is 0 Å². The molecule has 0 aromatic rings. The van der Waals surface area contributed by atoms with E-state index in [1.165, 1.54) is 19.3 Å². The van der Waals surface area contributed by atoms with Gasteiger partial charge in [0.2, 0.25) is 0 Å². The van der Waals surface area contributed by atoms with E-state index in [1.807, 2.05) is 0 Å². The van der Waals surface area contributed by atoms with Crippen molar-refractivity contribution in [1.29, 1.82) is 0 Å². The first-order chi connectivity index (χ1) is 6.20. The fraction of sp³-hybridized carbons (Fsp3) is 1.00. The Morgan fingerprint density at radius 1 is 1.54 bits per heavy atom. The van der Waals surface area contributed by atoms with Gasteiger partial charge in [-0.15, -0.1) is 0 Å². The molecule has 1 saturated heterocycles. The van der Waals surface area contributed by atoms with Crippen LogP contribution in [0, 0.1) is 0 Å². The SMILES string of the molecule is CC(CO)N1C(C)CCCC1CN. The van der Waals surface area contributed by atoms with Crippen LogP contribution in [-0.2, 0) is 0 Å². The van der Waals surface area contributed by atoms with Crippen LogP contribution >= 0.6 is 0 Å². The molecule has 78 valence electrons. The molecule has 0 bridgehead atoms. The van der Waals surface area contributed by atoms with Crippen molar-refractivity contribution in [3.8, 4) is 0 Å². The Kier molecular flexibility index (Phi) is 4.16. The second kappa shape index (κ2) is 4.94. The molecule has 3 unspecified atom stereocenters. The van der Waals surface area contributed by atoms with Gasteiger partial charge in [0.15, 0.2) is 0 Å². The first-order valence-electron chi connectivity index (χ1n) is 5.29. The summed E-state index contributed by atoms with van der Waals surface area (Å²) < 4.78 is 0. The quantitative estimate of drug-likeness (QED) is 0.677. The summed E-state index contributed by atoms with van der Waals surface area (Å²) in [6.45, 7) is 5.26. The smallest absolute Gasteiger partial charge is 0.0584 e. The van der Waals surface area contributed by atoms with Gasteiger partial charge in [0.05, 0.1) is 6.61 Å². The molecule has 0 aromatic heterocycles. The molecule has 1 aliphatic heterocycles. The van der Waals surface area contributed by atoms with Crippen LogP contribution in [0.3, 0.4) is 0 Å². The van der Waals surface area contributed by atoms with Gasteiger partial charge in [-0.3, -0.25) is 4.90 Å². The van der Waals surface area contributed by atoms with Crippen molar-refractivity contribution in [1.82, 2.24) is 4.90 Å². The zero-order chi connectivity index (χ0) is 9.84. The Morgan fingerprint density at radius 3 is 2.77 bits per heavy atom. The lowest BCUT2D eigenvalue weighted by Crippen LogP contribution is -2.53. The Labute approximate surface area is 80.9 Å². The number of nitrogens with two attached hydrogens (primary N) is 1. The molecule has 1 rings (SSSR count). The minimum absolute atomic E-state index is 0.237. The van der Waals surface area contributed by atoms with Crippen molar-refractivity contribution >= 4 is 0 Å². The molecular weight excluding hydrogens is 164 g/mol. The zero-order valence-corrected chi connectivity index (χ0v) is 8.74. The van der Waals surface area contributed by atoms with Gasteiger partial charge in [-0.25, -0.2) is 0 Å². The number of piperidine rings is 1. The number of hydrogen-bond acceptors (Lipinski definition) is 3. The van der Waals surface area contributed by atoms with Crippen LogP contribution in [0.4, 0.5) is 0 Å². The Balaban J connectivity index is 2.61. The van der Waals surface area contributed by atoms with Gasteiger partial charge in [0, 0.05) is 24.7 Å². The third kappa shape index (κ3) is 2.42. The van der Waals surface area contributed by atoms with Crippen molar-refractivity contribution in [2.24, 2.45) is 5.73 Å². The Bertz CT molecular complexity index is 148. The Hall–Kier alpha value is -0.120. The minimum atomic E-state index is 0.237. The predicted octanol–water partition coefficient (Wildman–Crippen LogP) is 0.569. The number of aliphatic hydroxyl groups is 1. The second-order valence-electron chi connectivity index (χ2n) is 4.15. The highest BCUT2D eigenvalue weighted by Gasteiger charge is 2.29. The van der Waals surface area contributed by atoms with E-state index in [0.717, 1.165) is 0 Å².